The maximum Gasteiger partial charge on any atom is 0.268 e. The molecule has 0 aliphatic carbocycles. The van der Waals surface area contributed by atoms with Crippen LogP contribution in [0.15, 0.2) is 113 Å². The summed E-state index contributed by atoms with van der Waals surface area (Å²) in [7, 11) is -3.05. The number of piperazine rings is 2. The predicted molar refractivity (Wildman–Crippen MR) is 275 cm³/mol. The van der Waals surface area contributed by atoms with Gasteiger partial charge in [-0.3, -0.25) is 0 Å². The summed E-state index contributed by atoms with van der Waals surface area (Å²) in [5.41, 5.74) is 5.92. The average molecular weight is 1030 g/mol. The Kier molecular flexibility index (Phi) is 16.2. The first-order chi connectivity index (χ1) is 31.2. The minimum atomic E-state index is -3.74. The number of hydrogen-bond acceptors (Lipinski definition) is 8. The standard InChI is InChI=1S/C20H23N3O2S.C20H22N3O2S.3C4H9.Sn/c2*1-16-3-7-19(8-4-16)26(24,25)23-10-9-17-5-6-18(15-20(17)23)22-13-11-21(2)12-14-22;3*1-3-4-2;/h3-10,15H,11-14H2,1-2H3;3-9,15H,11-14H2,1-2H3;3*1,3-4H2,2H3;. The van der Waals surface area contributed by atoms with Crippen molar-refractivity contribution in [2.24, 2.45) is 0 Å². The minimum Gasteiger partial charge on any atom is -0.369 e. The normalized spacial score (nSPS) is 15.7. The van der Waals surface area contributed by atoms with E-state index in [2.05, 4.69) is 84.8 Å². The number of nitrogens with zero attached hydrogens (tertiary/aromatic N) is 6. The largest absolute Gasteiger partial charge is 0.369 e. The van der Waals surface area contributed by atoms with Crippen molar-refractivity contribution in [1.82, 2.24) is 17.7 Å². The molecule has 0 atom stereocenters. The SMILES string of the molecule is CCC[CH2][Sn]([CH2]CCC)([CH2]CCC)[c]1cc2ccc(N3CCN(C)CC3)cc2n1S(=O)(=O)c1ccc(C)cc1.Cc1ccc(S(=O)(=O)n2ccc3ccc(N4CCN(C)CC4)cc32)cc1. The molecular weight excluding hydrogens is 955 g/mol. The molecule has 13 heteroatoms. The van der Waals surface area contributed by atoms with Gasteiger partial charge >= 0.3 is 243 Å². The molecule has 2 saturated heterocycles. The molecule has 350 valence electrons. The molecule has 0 bridgehead atoms. The number of benzene rings is 4. The molecule has 0 saturated carbocycles. The summed E-state index contributed by atoms with van der Waals surface area (Å²) in [4.78, 5) is 10.1. The topological polar surface area (TPSA) is 91.1 Å². The molecule has 0 radical (unpaired) electrons. The van der Waals surface area contributed by atoms with E-state index in [0.29, 0.717) is 9.79 Å². The number of hydrogen-bond donors (Lipinski definition) is 0. The molecule has 0 amide bonds. The predicted octanol–water partition coefficient (Wildman–Crippen LogP) is 9.93. The average Bonchev–Trinajstić information content (AvgIpc) is 3.93. The Hall–Kier alpha value is -3.82. The summed E-state index contributed by atoms with van der Waals surface area (Å²) in [6.07, 6.45) is 8.72. The quantitative estimate of drug-likeness (QED) is 0.0886. The summed E-state index contributed by atoms with van der Waals surface area (Å²) >= 11 is -3.12. The second kappa shape index (κ2) is 21.4. The van der Waals surface area contributed by atoms with Gasteiger partial charge in [0.1, 0.15) is 0 Å². The number of aryl methyl sites for hydroxylation is 2. The Morgan fingerprint density at radius 2 is 0.923 bits per heavy atom. The van der Waals surface area contributed by atoms with Crippen LogP contribution in [0, 0.1) is 13.8 Å². The van der Waals surface area contributed by atoms with Crippen LogP contribution in [0.2, 0.25) is 13.3 Å². The molecule has 6 aromatic rings. The van der Waals surface area contributed by atoms with E-state index in [1.54, 1.807) is 30.5 Å². The van der Waals surface area contributed by atoms with Gasteiger partial charge in [-0.1, -0.05) is 23.8 Å². The number of likely N-dealkylation sites (N-methyl/N-ethyl adjacent to an activating group) is 2. The van der Waals surface area contributed by atoms with Crippen LogP contribution in [0.5, 0.6) is 0 Å². The number of aromatic nitrogens is 2. The molecule has 2 aliphatic rings. The van der Waals surface area contributed by atoms with E-state index < -0.39 is 38.4 Å². The molecule has 2 aliphatic heterocycles. The van der Waals surface area contributed by atoms with Gasteiger partial charge in [0.15, 0.2) is 0 Å². The Balaban J connectivity index is 0.000000209. The summed E-state index contributed by atoms with van der Waals surface area (Å²) < 4.78 is 63.6. The van der Waals surface area contributed by atoms with Crippen molar-refractivity contribution in [2.75, 3.05) is 76.3 Å². The molecule has 0 N–H and O–H groups in total. The van der Waals surface area contributed by atoms with Crippen molar-refractivity contribution < 1.29 is 16.8 Å². The second-order valence-corrected chi connectivity index (χ2v) is 35.4. The molecule has 0 spiro atoms. The first-order valence-corrected chi connectivity index (χ1v) is 34.4. The first-order valence-electron chi connectivity index (χ1n) is 24.0. The second-order valence-electron chi connectivity index (χ2n) is 18.7. The zero-order chi connectivity index (χ0) is 46.4. The van der Waals surface area contributed by atoms with E-state index in [1.807, 2.05) is 60.3 Å². The number of fused-ring (bicyclic) bond motifs is 2. The van der Waals surface area contributed by atoms with Crippen LogP contribution >= 0.6 is 0 Å². The van der Waals surface area contributed by atoms with Crippen molar-refractivity contribution in [2.45, 2.75) is 96.2 Å². The fourth-order valence-electron chi connectivity index (χ4n) is 9.56. The van der Waals surface area contributed by atoms with Crippen molar-refractivity contribution in [3.63, 3.8) is 0 Å². The molecular formula is C52H72N6O4S2Sn. The van der Waals surface area contributed by atoms with Crippen LogP contribution in [-0.4, -0.2) is 119 Å². The van der Waals surface area contributed by atoms with Crippen molar-refractivity contribution >= 4 is 75.3 Å². The maximum atomic E-state index is 14.6. The van der Waals surface area contributed by atoms with Gasteiger partial charge < -0.3 is 9.80 Å². The van der Waals surface area contributed by atoms with Gasteiger partial charge in [-0.15, -0.1) is 0 Å². The van der Waals surface area contributed by atoms with Gasteiger partial charge in [0, 0.05) is 43.4 Å². The van der Waals surface area contributed by atoms with E-state index >= 15 is 0 Å². The fraction of sp³-hybridized carbons (Fsp3) is 0.462. The number of rotatable bonds is 16. The van der Waals surface area contributed by atoms with E-state index in [1.165, 1.54) is 40.3 Å². The van der Waals surface area contributed by atoms with Crippen LogP contribution in [0.3, 0.4) is 0 Å². The van der Waals surface area contributed by atoms with Gasteiger partial charge in [-0.25, -0.2) is 12.4 Å². The van der Waals surface area contributed by atoms with E-state index in [4.69, 9.17) is 0 Å². The van der Waals surface area contributed by atoms with Crippen molar-refractivity contribution in [3.8, 4) is 0 Å². The first kappa shape index (κ1) is 49.1. The molecule has 2 aromatic heterocycles. The summed E-state index contributed by atoms with van der Waals surface area (Å²) in [6.45, 7) is 18.7. The van der Waals surface area contributed by atoms with Crippen LogP contribution in [0.1, 0.15) is 70.4 Å². The zero-order valence-electron chi connectivity index (χ0n) is 40.0. The van der Waals surface area contributed by atoms with Crippen molar-refractivity contribution in [3.05, 3.63) is 114 Å². The zero-order valence-corrected chi connectivity index (χ0v) is 44.5. The van der Waals surface area contributed by atoms with Gasteiger partial charge in [-0.2, -0.15) is 0 Å². The molecule has 8 rings (SSSR count). The van der Waals surface area contributed by atoms with Crippen molar-refractivity contribution in [1.29, 1.82) is 0 Å². The third-order valence-corrected chi connectivity index (χ3v) is 33.1. The van der Waals surface area contributed by atoms with Crippen LogP contribution < -0.4 is 13.5 Å². The minimum absolute atomic E-state index is 0.311. The number of unbranched alkanes of at least 4 members (excludes halogenated alkanes) is 3. The molecule has 10 nitrogen and oxygen atoms in total. The van der Waals surface area contributed by atoms with Crippen LogP contribution in [0.4, 0.5) is 11.4 Å². The van der Waals surface area contributed by atoms with Gasteiger partial charge in [-0.05, 0) is 44.3 Å². The summed E-state index contributed by atoms with van der Waals surface area (Å²) in [5, 5.41) is 2.00. The Morgan fingerprint density at radius 1 is 0.492 bits per heavy atom. The third kappa shape index (κ3) is 11.0. The molecule has 0 unspecified atom stereocenters. The molecule has 2 fully saturated rings. The van der Waals surface area contributed by atoms with Crippen LogP contribution in [0.25, 0.3) is 21.8 Å². The molecule has 65 heavy (non-hydrogen) atoms. The van der Waals surface area contributed by atoms with E-state index in [0.717, 1.165) is 116 Å². The van der Waals surface area contributed by atoms with Gasteiger partial charge in [0.05, 0.1) is 10.4 Å². The Morgan fingerprint density at radius 3 is 1.38 bits per heavy atom. The van der Waals surface area contributed by atoms with Gasteiger partial charge in [0.25, 0.3) is 10.0 Å². The Bertz CT molecular complexity index is 2710. The molecule has 4 aromatic carbocycles. The molecule has 4 heterocycles. The third-order valence-electron chi connectivity index (χ3n) is 13.8. The summed E-state index contributed by atoms with van der Waals surface area (Å²) in [5.74, 6) is 0. The monoisotopic (exact) mass is 1030 g/mol. The summed E-state index contributed by atoms with van der Waals surface area (Å²) in [6, 6.07) is 31.2. The van der Waals surface area contributed by atoms with Crippen LogP contribution in [-0.2, 0) is 20.0 Å². The van der Waals surface area contributed by atoms with E-state index in [9.17, 15) is 16.8 Å². The van der Waals surface area contributed by atoms with E-state index in [-0.39, 0.29) is 0 Å². The van der Waals surface area contributed by atoms with Gasteiger partial charge in [0.2, 0.25) is 0 Å². The maximum absolute atomic E-state index is 14.6. The Labute approximate surface area is 394 Å². The number of anilines is 2. The smallest absolute Gasteiger partial charge is 0.268 e. The fourth-order valence-corrected chi connectivity index (χ4v) is 30.7.